The van der Waals surface area contributed by atoms with E-state index in [4.69, 9.17) is 25.1 Å². The lowest BCUT2D eigenvalue weighted by atomic mass is 9.99. The van der Waals surface area contributed by atoms with Gasteiger partial charge in [-0.3, -0.25) is 4.79 Å². The van der Waals surface area contributed by atoms with Crippen molar-refractivity contribution < 1.29 is 43.8 Å². The van der Waals surface area contributed by atoms with Crippen LogP contribution in [0.4, 0.5) is 0 Å². The lowest BCUT2D eigenvalue weighted by Gasteiger charge is -2.39. The van der Waals surface area contributed by atoms with Gasteiger partial charge in [-0.15, -0.1) is 12.3 Å². The van der Waals surface area contributed by atoms with Crippen LogP contribution in [0.25, 0.3) is 11.0 Å². The number of terminal acetylenes is 1. The summed E-state index contributed by atoms with van der Waals surface area (Å²) < 4.78 is 21.7. The first-order valence-electron chi connectivity index (χ1n) is 9.57. The Morgan fingerprint density at radius 2 is 1.94 bits per heavy atom. The number of carbonyl (C=O) groups is 1. The van der Waals surface area contributed by atoms with E-state index in [0.29, 0.717) is 15.4 Å². The minimum atomic E-state index is -1.61. The van der Waals surface area contributed by atoms with E-state index in [0.717, 1.165) is 0 Å². The Kier molecular flexibility index (Phi) is 7.89. The Labute approximate surface area is 190 Å². The Balaban J connectivity index is 1.86. The summed E-state index contributed by atoms with van der Waals surface area (Å²) >= 11 is 3.32. The molecule has 1 aromatic carbocycles. The van der Waals surface area contributed by atoms with Crippen LogP contribution in [0.15, 0.2) is 31.9 Å². The SMILES string of the molecule is C#CCCC(=O)OCc1cc(=O)oc2cc(O[C@@H]3O[C@H](CO)[C@H](O)[C@H](O)[C@@H]3O)c(Br)cc12. The molecule has 0 spiro atoms. The van der Waals surface area contributed by atoms with Crippen LogP contribution in [0.1, 0.15) is 18.4 Å². The number of hydrogen-bond acceptors (Lipinski definition) is 10. The second-order valence-electron chi connectivity index (χ2n) is 7.05. The molecule has 1 aliphatic heterocycles. The number of ether oxygens (including phenoxy) is 3. The molecular formula is C21H21BrO10. The van der Waals surface area contributed by atoms with Gasteiger partial charge >= 0.3 is 11.6 Å². The number of halogens is 1. The third-order valence-corrected chi connectivity index (χ3v) is 5.46. The summed E-state index contributed by atoms with van der Waals surface area (Å²) in [6.07, 6.45) is -1.92. The number of carbonyl (C=O) groups excluding carboxylic acids is 1. The number of benzene rings is 1. The molecule has 4 N–H and O–H groups in total. The van der Waals surface area contributed by atoms with E-state index in [9.17, 15) is 30.0 Å². The van der Waals surface area contributed by atoms with Crippen molar-refractivity contribution in [2.24, 2.45) is 0 Å². The molecule has 11 heteroatoms. The van der Waals surface area contributed by atoms with Crippen molar-refractivity contribution in [1.82, 2.24) is 0 Å². The summed E-state index contributed by atoms with van der Waals surface area (Å²) in [6, 6.07) is 4.11. The summed E-state index contributed by atoms with van der Waals surface area (Å²) in [5.74, 6) is 1.92. The molecular weight excluding hydrogens is 492 g/mol. The first kappa shape index (κ1) is 24.2. The van der Waals surface area contributed by atoms with Crippen molar-refractivity contribution in [2.75, 3.05) is 6.61 Å². The molecule has 1 aliphatic rings. The summed E-state index contributed by atoms with van der Waals surface area (Å²) in [6.45, 7) is -0.785. The lowest BCUT2D eigenvalue weighted by Crippen LogP contribution is -2.60. The topological polar surface area (TPSA) is 156 Å². The Morgan fingerprint density at radius 3 is 2.62 bits per heavy atom. The highest BCUT2D eigenvalue weighted by atomic mass is 79.9. The van der Waals surface area contributed by atoms with Crippen molar-refractivity contribution in [2.45, 2.75) is 50.2 Å². The first-order valence-corrected chi connectivity index (χ1v) is 10.4. The van der Waals surface area contributed by atoms with E-state index in [-0.39, 0.29) is 30.8 Å². The van der Waals surface area contributed by atoms with E-state index >= 15 is 0 Å². The molecule has 1 aromatic heterocycles. The third kappa shape index (κ3) is 5.29. The van der Waals surface area contributed by atoms with Gasteiger partial charge in [0.05, 0.1) is 17.5 Å². The molecule has 0 bridgehead atoms. The molecule has 0 saturated carbocycles. The summed E-state index contributed by atoms with van der Waals surface area (Å²) in [5.41, 5.74) is -0.186. The van der Waals surface area contributed by atoms with Crippen LogP contribution in [-0.4, -0.2) is 63.7 Å². The maximum absolute atomic E-state index is 12.0. The van der Waals surface area contributed by atoms with E-state index in [1.807, 2.05) is 0 Å². The van der Waals surface area contributed by atoms with E-state index in [1.165, 1.54) is 12.1 Å². The summed E-state index contributed by atoms with van der Waals surface area (Å²) in [4.78, 5) is 23.7. The standard InChI is InChI=1S/C21H21BrO10/c1-2-3-4-16(24)29-9-10-5-17(25)30-13-7-14(12(22)6-11(10)13)31-21-20(28)19(27)18(26)15(8-23)32-21/h1,5-7,15,18-21,23,26-28H,3-4,8-9H2/t15-,18+,19+,20+,21-/m1/s1. The zero-order valence-electron chi connectivity index (χ0n) is 16.6. The van der Waals surface area contributed by atoms with Gasteiger partial charge in [-0.25, -0.2) is 4.79 Å². The fourth-order valence-corrected chi connectivity index (χ4v) is 3.57. The minimum Gasteiger partial charge on any atom is -0.461 e. The monoisotopic (exact) mass is 512 g/mol. The van der Waals surface area contributed by atoms with Crippen LogP contribution >= 0.6 is 15.9 Å². The van der Waals surface area contributed by atoms with Gasteiger partial charge in [-0.2, -0.15) is 0 Å². The number of fused-ring (bicyclic) bond motifs is 1. The molecule has 3 rings (SSSR count). The van der Waals surface area contributed by atoms with Crippen LogP contribution in [0.2, 0.25) is 0 Å². The van der Waals surface area contributed by atoms with Gasteiger partial charge in [0, 0.05) is 29.5 Å². The quantitative estimate of drug-likeness (QED) is 0.229. The number of esters is 1. The lowest BCUT2D eigenvalue weighted by molar-refractivity contribution is -0.277. The molecule has 2 heterocycles. The second kappa shape index (κ2) is 10.4. The molecule has 32 heavy (non-hydrogen) atoms. The molecule has 10 nitrogen and oxygen atoms in total. The molecule has 0 amide bonds. The molecule has 0 aliphatic carbocycles. The number of rotatable bonds is 7. The molecule has 0 radical (unpaired) electrons. The van der Waals surface area contributed by atoms with Gasteiger partial charge in [-0.1, -0.05) is 0 Å². The molecule has 1 fully saturated rings. The molecule has 172 valence electrons. The van der Waals surface area contributed by atoms with Crippen LogP contribution in [-0.2, 0) is 20.9 Å². The van der Waals surface area contributed by atoms with Crippen LogP contribution in [0, 0.1) is 12.3 Å². The van der Waals surface area contributed by atoms with Crippen LogP contribution in [0.5, 0.6) is 5.75 Å². The van der Waals surface area contributed by atoms with E-state index in [1.54, 1.807) is 6.07 Å². The van der Waals surface area contributed by atoms with Gasteiger partial charge in [0.1, 0.15) is 42.4 Å². The number of hydrogen-bond donors (Lipinski definition) is 4. The maximum Gasteiger partial charge on any atom is 0.336 e. The molecule has 2 aromatic rings. The number of aliphatic hydroxyl groups excluding tert-OH is 4. The Morgan fingerprint density at radius 1 is 1.19 bits per heavy atom. The van der Waals surface area contributed by atoms with Gasteiger partial charge in [0.25, 0.3) is 0 Å². The largest absolute Gasteiger partial charge is 0.461 e. The highest BCUT2D eigenvalue weighted by Gasteiger charge is 2.44. The summed E-state index contributed by atoms with van der Waals surface area (Å²) in [7, 11) is 0. The van der Waals surface area contributed by atoms with Crippen molar-refractivity contribution in [3.63, 3.8) is 0 Å². The van der Waals surface area contributed by atoms with E-state index in [2.05, 4.69) is 21.9 Å². The van der Waals surface area contributed by atoms with E-state index < -0.39 is 48.9 Å². The Bertz CT molecular complexity index is 1070. The predicted octanol–water partition coefficient (Wildman–Crippen LogP) is 0.191. The second-order valence-corrected chi connectivity index (χ2v) is 7.90. The van der Waals surface area contributed by atoms with Crippen molar-refractivity contribution >= 4 is 32.9 Å². The zero-order valence-corrected chi connectivity index (χ0v) is 18.2. The molecule has 5 atom stereocenters. The first-order chi connectivity index (χ1) is 15.2. The highest BCUT2D eigenvalue weighted by Crippen LogP contribution is 2.34. The average Bonchev–Trinajstić information content (AvgIpc) is 2.77. The number of aliphatic hydroxyl groups is 4. The molecule has 0 unspecified atom stereocenters. The van der Waals surface area contributed by atoms with Gasteiger partial charge in [-0.05, 0) is 22.0 Å². The van der Waals surface area contributed by atoms with Crippen molar-refractivity contribution in [3.05, 3.63) is 38.7 Å². The maximum atomic E-state index is 12.0. The van der Waals surface area contributed by atoms with Crippen LogP contribution in [0.3, 0.4) is 0 Å². The van der Waals surface area contributed by atoms with Crippen molar-refractivity contribution in [3.8, 4) is 18.1 Å². The van der Waals surface area contributed by atoms with Crippen molar-refractivity contribution in [1.29, 1.82) is 0 Å². The van der Waals surface area contributed by atoms with Gasteiger partial charge in [0.2, 0.25) is 6.29 Å². The minimum absolute atomic E-state index is 0.0522. The fraction of sp³-hybridized carbons (Fsp3) is 0.429. The fourth-order valence-electron chi connectivity index (χ4n) is 3.13. The van der Waals surface area contributed by atoms with Gasteiger partial charge < -0.3 is 39.1 Å². The Hall–Kier alpha value is -2.46. The third-order valence-electron chi connectivity index (χ3n) is 4.84. The highest BCUT2D eigenvalue weighted by molar-refractivity contribution is 9.10. The average molecular weight is 513 g/mol. The normalized spacial score (nSPS) is 25.3. The summed E-state index contributed by atoms with van der Waals surface area (Å²) in [5, 5.41) is 39.7. The zero-order chi connectivity index (χ0) is 23.4. The van der Waals surface area contributed by atoms with Crippen LogP contribution < -0.4 is 10.4 Å². The predicted molar refractivity (Wildman–Crippen MR) is 112 cm³/mol. The molecule has 1 saturated heterocycles. The van der Waals surface area contributed by atoms with Gasteiger partial charge in [0.15, 0.2) is 0 Å². The smallest absolute Gasteiger partial charge is 0.336 e.